The van der Waals surface area contributed by atoms with Gasteiger partial charge < -0.3 is 16.2 Å². The molecule has 4 nitrogen and oxygen atoms in total. The van der Waals surface area contributed by atoms with Crippen molar-refractivity contribution in [3.8, 4) is 5.75 Å². The minimum absolute atomic E-state index is 0.442. The first kappa shape index (κ1) is 12.3. The summed E-state index contributed by atoms with van der Waals surface area (Å²) in [5, 5.41) is 0. The Morgan fingerprint density at radius 1 is 1.44 bits per heavy atom. The molecule has 0 radical (unpaired) electrons. The molecule has 0 fully saturated rings. The van der Waals surface area contributed by atoms with Crippen LogP contribution in [0.5, 0.6) is 5.75 Å². The van der Waals surface area contributed by atoms with E-state index in [2.05, 4.69) is 6.58 Å². The van der Waals surface area contributed by atoms with Gasteiger partial charge in [-0.25, -0.2) is 0 Å². The normalized spacial score (nSPS) is 11.8. The third-order valence-electron chi connectivity index (χ3n) is 2.11. The highest BCUT2D eigenvalue weighted by molar-refractivity contribution is 5.79. The van der Waals surface area contributed by atoms with Crippen molar-refractivity contribution in [3.63, 3.8) is 0 Å². The molecular weight excluding hydrogens is 204 g/mol. The number of ether oxygens (including phenoxy) is 1. The van der Waals surface area contributed by atoms with Gasteiger partial charge in [-0.05, 0) is 24.1 Å². The second-order valence-electron chi connectivity index (χ2n) is 3.46. The summed E-state index contributed by atoms with van der Waals surface area (Å²) in [6.07, 6.45) is 2.12. The first-order chi connectivity index (χ1) is 7.63. The summed E-state index contributed by atoms with van der Waals surface area (Å²) in [5.41, 5.74) is 11.6. The Bertz CT molecular complexity index is 360. The summed E-state index contributed by atoms with van der Waals surface area (Å²) >= 11 is 0. The molecule has 1 aromatic rings. The molecule has 1 amide bonds. The molecule has 0 heterocycles. The average molecular weight is 220 g/mol. The summed E-state index contributed by atoms with van der Waals surface area (Å²) in [4.78, 5) is 10.8. The second-order valence-corrected chi connectivity index (χ2v) is 3.46. The number of carbonyl (C=O) groups excluding carboxylic acids is 1. The number of carbonyl (C=O) groups is 1. The van der Waals surface area contributed by atoms with Crippen molar-refractivity contribution in [3.05, 3.63) is 42.5 Å². The predicted molar refractivity (Wildman–Crippen MR) is 63.0 cm³/mol. The molecular formula is C12H16N2O2. The smallest absolute Gasteiger partial charge is 0.234 e. The van der Waals surface area contributed by atoms with E-state index in [0.29, 0.717) is 13.0 Å². The zero-order valence-corrected chi connectivity index (χ0v) is 9.06. The number of primary amides is 1. The van der Waals surface area contributed by atoms with Crippen LogP contribution in [0.3, 0.4) is 0 Å². The first-order valence-electron chi connectivity index (χ1n) is 5.01. The molecule has 0 saturated heterocycles. The van der Waals surface area contributed by atoms with E-state index >= 15 is 0 Å². The van der Waals surface area contributed by atoms with Gasteiger partial charge >= 0.3 is 0 Å². The molecule has 0 aliphatic carbocycles. The molecule has 0 unspecified atom stereocenters. The van der Waals surface area contributed by atoms with E-state index in [-0.39, 0.29) is 0 Å². The minimum Gasteiger partial charge on any atom is -0.490 e. The quantitative estimate of drug-likeness (QED) is 0.689. The van der Waals surface area contributed by atoms with Crippen LogP contribution < -0.4 is 16.2 Å². The Morgan fingerprint density at radius 2 is 2.06 bits per heavy atom. The summed E-state index contributed by atoms with van der Waals surface area (Å²) in [6.45, 7) is 4.03. The molecule has 0 aliphatic rings. The highest BCUT2D eigenvalue weighted by atomic mass is 16.5. The fourth-order valence-corrected chi connectivity index (χ4v) is 1.23. The molecule has 0 bridgehead atoms. The maximum Gasteiger partial charge on any atom is 0.234 e. The first-order valence-corrected chi connectivity index (χ1v) is 5.01. The van der Waals surface area contributed by atoms with Gasteiger partial charge in [0.25, 0.3) is 0 Å². The van der Waals surface area contributed by atoms with Gasteiger partial charge in [-0.3, -0.25) is 4.79 Å². The number of hydrogen-bond acceptors (Lipinski definition) is 3. The number of amides is 1. The zero-order valence-electron chi connectivity index (χ0n) is 9.06. The van der Waals surface area contributed by atoms with Crippen LogP contribution in [0.1, 0.15) is 5.56 Å². The Labute approximate surface area is 94.9 Å². The highest BCUT2D eigenvalue weighted by Gasteiger charge is 2.09. The molecule has 4 N–H and O–H groups in total. The van der Waals surface area contributed by atoms with Crippen LogP contribution in [0.2, 0.25) is 0 Å². The van der Waals surface area contributed by atoms with Crippen molar-refractivity contribution in [1.29, 1.82) is 0 Å². The predicted octanol–water partition coefficient (Wildman–Crippen LogP) is 0.607. The fraction of sp³-hybridized carbons (Fsp3) is 0.250. The van der Waals surface area contributed by atoms with Crippen molar-refractivity contribution in [2.45, 2.75) is 12.5 Å². The largest absolute Gasteiger partial charge is 0.490 e. The number of nitrogens with two attached hydrogens (primary N) is 2. The van der Waals surface area contributed by atoms with Gasteiger partial charge in [-0.15, -0.1) is 0 Å². The lowest BCUT2D eigenvalue weighted by Gasteiger charge is -2.08. The van der Waals surface area contributed by atoms with Gasteiger partial charge in [-0.1, -0.05) is 24.8 Å². The van der Waals surface area contributed by atoms with Gasteiger partial charge in [0.2, 0.25) is 5.91 Å². The fourth-order valence-electron chi connectivity index (χ4n) is 1.23. The molecule has 0 saturated carbocycles. The molecule has 1 rings (SSSR count). The van der Waals surface area contributed by atoms with Crippen LogP contribution in [0.4, 0.5) is 0 Å². The van der Waals surface area contributed by atoms with E-state index in [1.54, 1.807) is 6.08 Å². The van der Waals surface area contributed by atoms with Crippen LogP contribution in [-0.4, -0.2) is 18.6 Å². The highest BCUT2D eigenvalue weighted by Crippen LogP contribution is 2.13. The van der Waals surface area contributed by atoms with Crippen LogP contribution in [0.25, 0.3) is 0 Å². The molecule has 0 aromatic heterocycles. The lowest BCUT2D eigenvalue weighted by Crippen LogP contribution is -2.38. The van der Waals surface area contributed by atoms with Gasteiger partial charge in [0.05, 0.1) is 6.04 Å². The van der Waals surface area contributed by atoms with Crippen LogP contribution >= 0.6 is 0 Å². The van der Waals surface area contributed by atoms with Crippen LogP contribution in [0.15, 0.2) is 36.9 Å². The molecule has 1 atom stereocenters. The maximum absolute atomic E-state index is 10.8. The molecule has 4 heteroatoms. The number of hydrogen-bond donors (Lipinski definition) is 2. The number of benzene rings is 1. The molecule has 86 valence electrons. The SMILES string of the molecule is C=CCOc1ccc(C[C@H](N)C(N)=O)cc1. The molecule has 1 aromatic carbocycles. The third-order valence-corrected chi connectivity index (χ3v) is 2.11. The summed E-state index contributed by atoms with van der Waals surface area (Å²) in [6, 6.07) is 6.74. The van der Waals surface area contributed by atoms with Crippen molar-refractivity contribution in [2.75, 3.05) is 6.61 Å². The van der Waals surface area contributed by atoms with Crippen molar-refractivity contribution in [1.82, 2.24) is 0 Å². The van der Waals surface area contributed by atoms with Crippen molar-refractivity contribution in [2.24, 2.45) is 11.5 Å². The van der Waals surface area contributed by atoms with Crippen molar-refractivity contribution >= 4 is 5.91 Å². The maximum atomic E-state index is 10.8. The van der Waals surface area contributed by atoms with Crippen LogP contribution in [-0.2, 0) is 11.2 Å². The molecule has 0 aliphatic heterocycles. The summed E-state index contributed by atoms with van der Waals surface area (Å²) < 4.78 is 5.32. The Balaban J connectivity index is 2.57. The lowest BCUT2D eigenvalue weighted by atomic mass is 10.1. The Morgan fingerprint density at radius 3 is 2.56 bits per heavy atom. The second kappa shape index (κ2) is 5.92. The van der Waals surface area contributed by atoms with Crippen LogP contribution in [0, 0.1) is 0 Å². The van der Waals surface area contributed by atoms with Crippen molar-refractivity contribution < 1.29 is 9.53 Å². The van der Waals surface area contributed by atoms with Gasteiger partial charge in [0.15, 0.2) is 0 Å². The van der Waals surface area contributed by atoms with E-state index in [1.165, 1.54) is 0 Å². The van der Waals surface area contributed by atoms with E-state index in [1.807, 2.05) is 24.3 Å². The topological polar surface area (TPSA) is 78.3 Å². The average Bonchev–Trinajstić information content (AvgIpc) is 2.28. The van der Waals surface area contributed by atoms with E-state index < -0.39 is 11.9 Å². The number of rotatable bonds is 6. The van der Waals surface area contributed by atoms with E-state index in [9.17, 15) is 4.79 Å². The lowest BCUT2D eigenvalue weighted by molar-refractivity contribution is -0.119. The monoisotopic (exact) mass is 220 g/mol. The molecule has 16 heavy (non-hydrogen) atoms. The third kappa shape index (κ3) is 3.74. The van der Waals surface area contributed by atoms with Gasteiger partial charge in [0, 0.05) is 0 Å². The summed E-state index contributed by atoms with van der Waals surface area (Å²) in [5.74, 6) is 0.267. The standard InChI is InChI=1S/C12H16N2O2/c1-2-7-16-10-5-3-9(4-6-10)8-11(13)12(14)15/h2-6,11H,1,7-8,13H2,(H2,14,15)/t11-/m0/s1. The van der Waals surface area contributed by atoms with Gasteiger partial charge in [-0.2, -0.15) is 0 Å². The Kier molecular flexibility index (Phi) is 4.54. The molecule has 0 spiro atoms. The summed E-state index contributed by atoms with van der Waals surface area (Å²) in [7, 11) is 0. The zero-order chi connectivity index (χ0) is 12.0. The van der Waals surface area contributed by atoms with E-state index in [4.69, 9.17) is 16.2 Å². The minimum atomic E-state index is -0.639. The van der Waals surface area contributed by atoms with E-state index in [0.717, 1.165) is 11.3 Å². The Hall–Kier alpha value is -1.81. The van der Waals surface area contributed by atoms with Gasteiger partial charge in [0.1, 0.15) is 12.4 Å².